The normalized spacial score (nSPS) is 15.7. The largest absolute Gasteiger partial charge is 0.486 e. The number of halogens is 1. The molecule has 5 rings (SSSR count). The predicted octanol–water partition coefficient (Wildman–Crippen LogP) is 4.91. The zero-order chi connectivity index (χ0) is 22.9. The van der Waals surface area contributed by atoms with E-state index >= 15 is 4.39 Å². The van der Waals surface area contributed by atoms with Crippen molar-refractivity contribution >= 4 is 16.9 Å². The van der Waals surface area contributed by atoms with E-state index in [2.05, 4.69) is 21.5 Å². The number of aromatic amines is 1. The lowest BCUT2D eigenvalue weighted by Crippen LogP contribution is -2.29. The first-order chi connectivity index (χ1) is 16.0. The van der Waals surface area contributed by atoms with Crippen LogP contribution >= 0.6 is 0 Å². The molecule has 4 heterocycles. The molecular formula is C26H23FN4O2. The van der Waals surface area contributed by atoms with Crippen molar-refractivity contribution < 1.29 is 13.9 Å². The lowest BCUT2D eigenvalue weighted by molar-refractivity contribution is -0.125. The molecule has 1 fully saturated rings. The van der Waals surface area contributed by atoms with Crippen LogP contribution in [-0.4, -0.2) is 45.0 Å². The van der Waals surface area contributed by atoms with E-state index in [1.807, 2.05) is 31.2 Å². The van der Waals surface area contributed by atoms with Gasteiger partial charge in [0.1, 0.15) is 17.7 Å². The van der Waals surface area contributed by atoms with Crippen molar-refractivity contribution in [2.45, 2.75) is 19.4 Å². The fraction of sp³-hybridized carbons (Fsp3) is 0.192. The minimum absolute atomic E-state index is 0.105. The molecule has 1 saturated heterocycles. The Morgan fingerprint density at radius 2 is 2.15 bits per heavy atom. The van der Waals surface area contributed by atoms with Gasteiger partial charge < -0.3 is 14.6 Å². The van der Waals surface area contributed by atoms with Crippen LogP contribution in [0, 0.1) is 12.7 Å². The smallest absolute Gasteiger partial charge is 0.246 e. The molecule has 166 valence electrons. The number of ether oxygens (including phenoxy) is 1. The second kappa shape index (κ2) is 8.50. The van der Waals surface area contributed by atoms with Crippen LogP contribution in [0.2, 0.25) is 0 Å². The first kappa shape index (κ1) is 20.9. The lowest BCUT2D eigenvalue weighted by atomic mass is 9.98. The highest BCUT2D eigenvalue weighted by Crippen LogP contribution is 2.42. The second-order valence-corrected chi connectivity index (χ2v) is 8.15. The number of nitrogens with one attached hydrogen (secondary N) is 1. The molecule has 0 radical (unpaired) electrons. The van der Waals surface area contributed by atoms with Gasteiger partial charge in [-0.25, -0.2) is 4.39 Å². The predicted molar refractivity (Wildman–Crippen MR) is 125 cm³/mol. The number of fused-ring (bicyclic) bond motifs is 1. The zero-order valence-electron chi connectivity index (χ0n) is 18.2. The first-order valence-corrected chi connectivity index (χ1v) is 10.8. The van der Waals surface area contributed by atoms with Crippen molar-refractivity contribution in [3.8, 4) is 28.1 Å². The average molecular weight is 442 g/mol. The fourth-order valence-corrected chi connectivity index (χ4v) is 4.33. The quantitative estimate of drug-likeness (QED) is 0.446. The van der Waals surface area contributed by atoms with E-state index in [9.17, 15) is 4.79 Å². The van der Waals surface area contributed by atoms with E-state index in [0.717, 1.165) is 16.6 Å². The Hall–Kier alpha value is -4.00. The van der Waals surface area contributed by atoms with Crippen LogP contribution in [0.25, 0.3) is 33.4 Å². The highest BCUT2D eigenvalue weighted by molar-refractivity contribution is 6.02. The number of aromatic nitrogens is 3. The Labute approximate surface area is 190 Å². The third kappa shape index (κ3) is 3.86. The highest BCUT2D eigenvalue weighted by Gasteiger charge is 2.28. The minimum Gasteiger partial charge on any atom is -0.486 e. The summed E-state index contributed by atoms with van der Waals surface area (Å²) in [6.07, 6.45) is 6.89. The van der Waals surface area contributed by atoms with E-state index in [-0.39, 0.29) is 17.8 Å². The number of nitrogens with zero attached hydrogens (tertiary/aromatic N) is 3. The third-order valence-electron chi connectivity index (χ3n) is 5.92. The third-order valence-corrected chi connectivity index (χ3v) is 5.92. The molecule has 0 spiro atoms. The molecule has 0 aliphatic carbocycles. The Morgan fingerprint density at radius 3 is 3.00 bits per heavy atom. The molecule has 1 aromatic carbocycles. The Bertz CT molecular complexity index is 1360. The Balaban J connectivity index is 1.61. The molecule has 7 heteroatoms. The summed E-state index contributed by atoms with van der Waals surface area (Å²) in [7, 11) is 0. The van der Waals surface area contributed by atoms with Gasteiger partial charge in [0.15, 0.2) is 0 Å². The van der Waals surface area contributed by atoms with Crippen LogP contribution in [0.4, 0.5) is 4.39 Å². The number of pyridine rings is 2. The second-order valence-electron chi connectivity index (χ2n) is 8.15. The molecule has 0 unspecified atom stereocenters. The van der Waals surface area contributed by atoms with Crippen molar-refractivity contribution in [3.63, 3.8) is 0 Å². The Morgan fingerprint density at radius 1 is 1.27 bits per heavy atom. The molecule has 0 saturated carbocycles. The molecular weight excluding hydrogens is 419 g/mol. The van der Waals surface area contributed by atoms with Crippen LogP contribution in [0.1, 0.15) is 12.0 Å². The molecule has 1 aliphatic heterocycles. The molecule has 3 aromatic heterocycles. The summed E-state index contributed by atoms with van der Waals surface area (Å²) < 4.78 is 21.3. The van der Waals surface area contributed by atoms with Gasteiger partial charge in [-0.1, -0.05) is 18.2 Å². The maximum Gasteiger partial charge on any atom is 0.246 e. The number of H-pyrrole nitrogens is 1. The fourth-order valence-electron chi connectivity index (χ4n) is 4.33. The maximum atomic E-state index is 15.0. The van der Waals surface area contributed by atoms with Gasteiger partial charge in [-0.3, -0.25) is 14.8 Å². The van der Waals surface area contributed by atoms with E-state index in [1.54, 1.807) is 29.6 Å². The van der Waals surface area contributed by atoms with Crippen LogP contribution < -0.4 is 4.74 Å². The summed E-state index contributed by atoms with van der Waals surface area (Å²) in [6, 6.07) is 10.7. The van der Waals surface area contributed by atoms with Crippen LogP contribution in [0.15, 0.2) is 67.6 Å². The summed E-state index contributed by atoms with van der Waals surface area (Å²) in [6.45, 7) is 6.58. The number of likely N-dealkylation sites (tertiary alicyclic amines) is 1. The molecule has 6 nitrogen and oxygen atoms in total. The number of benzene rings is 1. The summed E-state index contributed by atoms with van der Waals surface area (Å²) in [5, 5.41) is 0. The SMILES string of the molecule is C=CC(=O)N1CC[C@@H](Oc2cnccc2-c2[nH]c3cccnc3c2-c2cc(C)ccc2F)C1. The summed E-state index contributed by atoms with van der Waals surface area (Å²) in [4.78, 5) is 25.9. The molecule has 1 amide bonds. The van der Waals surface area contributed by atoms with E-state index in [0.29, 0.717) is 47.6 Å². The molecule has 33 heavy (non-hydrogen) atoms. The number of hydrogen-bond acceptors (Lipinski definition) is 4. The van der Waals surface area contributed by atoms with Crippen molar-refractivity contribution in [1.82, 2.24) is 19.9 Å². The minimum atomic E-state index is -0.320. The lowest BCUT2D eigenvalue weighted by Gasteiger charge is -2.18. The van der Waals surface area contributed by atoms with Gasteiger partial charge in [0, 0.05) is 42.0 Å². The van der Waals surface area contributed by atoms with Gasteiger partial charge in [-0.2, -0.15) is 0 Å². The first-order valence-electron chi connectivity index (χ1n) is 10.8. The molecule has 0 bridgehead atoms. The van der Waals surface area contributed by atoms with Gasteiger partial charge in [0.05, 0.1) is 29.5 Å². The van der Waals surface area contributed by atoms with Crippen LogP contribution in [0.3, 0.4) is 0 Å². The van der Waals surface area contributed by atoms with Gasteiger partial charge in [-0.15, -0.1) is 0 Å². The van der Waals surface area contributed by atoms with Crippen LogP contribution in [-0.2, 0) is 4.79 Å². The van der Waals surface area contributed by atoms with Crippen molar-refractivity contribution in [3.05, 3.63) is 79.0 Å². The standard InChI is InChI=1S/C26H23FN4O2/c1-3-23(32)31-12-9-17(15-31)33-22-14-28-11-8-18(22)25-24(19-13-16(2)6-7-20(19)27)26-21(30-25)5-4-10-29-26/h3-8,10-11,13-14,17,30H,1,9,12,15H2,2H3/t17-/m1/s1. The average Bonchev–Trinajstić information content (AvgIpc) is 3.45. The highest BCUT2D eigenvalue weighted by atomic mass is 19.1. The number of amides is 1. The molecule has 1 atom stereocenters. The summed E-state index contributed by atoms with van der Waals surface area (Å²) in [5.41, 5.74) is 5.05. The molecule has 1 N–H and O–H groups in total. The van der Waals surface area contributed by atoms with Gasteiger partial charge >= 0.3 is 0 Å². The van der Waals surface area contributed by atoms with E-state index < -0.39 is 0 Å². The number of rotatable bonds is 5. The van der Waals surface area contributed by atoms with Crippen molar-refractivity contribution in [1.29, 1.82) is 0 Å². The van der Waals surface area contributed by atoms with Gasteiger partial charge in [0.2, 0.25) is 5.91 Å². The number of hydrogen-bond donors (Lipinski definition) is 1. The monoisotopic (exact) mass is 442 g/mol. The summed E-state index contributed by atoms with van der Waals surface area (Å²) in [5.74, 6) is 0.141. The van der Waals surface area contributed by atoms with E-state index in [1.165, 1.54) is 12.1 Å². The van der Waals surface area contributed by atoms with Crippen molar-refractivity contribution in [2.75, 3.05) is 13.1 Å². The number of aryl methyl sites for hydroxylation is 1. The van der Waals surface area contributed by atoms with E-state index in [4.69, 9.17) is 4.74 Å². The Kier molecular flexibility index (Phi) is 5.38. The van der Waals surface area contributed by atoms with Crippen LogP contribution in [0.5, 0.6) is 5.75 Å². The zero-order valence-corrected chi connectivity index (χ0v) is 18.2. The molecule has 1 aliphatic rings. The van der Waals surface area contributed by atoms with Gasteiger partial charge in [-0.05, 0) is 43.3 Å². The number of carbonyl (C=O) groups is 1. The maximum absolute atomic E-state index is 15.0. The van der Waals surface area contributed by atoms with Crippen molar-refractivity contribution in [2.24, 2.45) is 0 Å². The topological polar surface area (TPSA) is 71.1 Å². The van der Waals surface area contributed by atoms with Gasteiger partial charge in [0.25, 0.3) is 0 Å². The summed E-state index contributed by atoms with van der Waals surface area (Å²) >= 11 is 0. The molecule has 4 aromatic rings. The number of carbonyl (C=O) groups excluding carboxylic acids is 1.